The quantitative estimate of drug-likeness (QED) is 0.0344. The fourth-order valence-corrected chi connectivity index (χ4v) is 8.34. The van der Waals surface area contributed by atoms with E-state index in [1.165, 1.54) is 193 Å². The van der Waals surface area contributed by atoms with E-state index in [4.69, 9.17) is 14.2 Å². The van der Waals surface area contributed by atoms with Crippen LogP contribution in [0.3, 0.4) is 0 Å². The average Bonchev–Trinajstić information content (AvgIpc) is 3.23. The Morgan fingerprint density at radius 2 is 0.541 bits per heavy atom. The van der Waals surface area contributed by atoms with Gasteiger partial charge in [0, 0.05) is 19.3 Å². The lowest BCUT2D eigenvalue weighted by Gasteiger charge is -2.18. The van der Waals surface area contributed by atoms with Crippen LogP contribution in [0, 0.1) is 11.8 Å². The Balaban J connectivity index is 4.24. The Morgan fingerprint density at radius 3 is 0.803 bits per heavy atom. The van der Waals surface area contributed by atoms with Crippen LogP contribution in [-0.2, 0) is 28.6 Å². The van der Waals surface area contributed by atoms with Crippen LogP contribution in [0.1, 0.15) is 304 Å². The van der Waals surface area contributed by atoms with E-state index in [9.17, 15) is 14.4 Å². The van der Waals surface area contributed by atoms with Crippen LogP contribution in [0.15, 0.2) is 0 Å². The molecule has 0 heterocycles. The summed E-state index contributed by atoms with van der Waals surface area (Å²) in [7, 11) is 0. The lowest BCUT2D eigenvalue weighted by molar-refractivity contribution is -0.167. The van der Waals surface area contributed by atoms with E-state index >= 15 is 0 Å². The summed E-state index contributed by atoms with van der Waals surface area (Å²) in [5.74, 6) is 0.757. The van der Waals surface area contributed by atoms with Gasteiger partial charge in [-0.25, -0.2) is 0 Å². The highest BCUT2D eigenvalue weighted by atomic mass is 16.6. The first kappa shape index (κ1) is 59.4. The topological polar surface area (TPSA) is 78.9 Å². The van der Waals surface area contributed by atoms with Gasteiger partial charge in [0.15, 0.2) is 6.10 Å². The molecule has 0 saturated heterocycles. The highest BCUT2D eigenvalue weighted by molar-refractivity contribution is 5.71. The predicted octanol–water partition coefficient (Wildman–Crippen LogP) is 17.7. The summed E-state index contributed by atoms with van der Waals surface area (Å²) in [5, 5.41) is 0. The average molecular weight is 863 g/mol. The van der Waals surface area contributed by atoms with Crippen molar-refractivity contribution in [2.24, 2.45) is 11.8 Å². The SMILES string of the molecule is CCCCCCCCCCCCCCCCCCCCCC(=O)OC[C@H](COC(=O)CCCCCCCCCC(C)C)OC(=O)CCCCCCCCCCCCCC(C)C. The Bertz CT molecular complexity index is 931. The molecular formula is C55H106O6. The molecule has 0 fully saturated rings. The molecule has 0 aliphatic rings. The summed E-state index contributed by atoms with van der Waals surface area (Å²) in [6.45, 7) is 11.3. The summed E-state index contributed by atoms with van der Waals surface area (Å²) >= 11 is 0. The van der Waals surface area contributed by atoms with Gasteiger partial charge in [-0.3, -0.25) is 14.4 Å². The molecular weight excluding hydrogens is 757 g/mol. The molecule has 0 amide bonds. The monoisotopic (exact) mass is 863 g/mol. The number of unbranched alkanes of at least 4 members (excludes halogenated alkanes) is 34. The van der Waals surface area contributed by atoms with Crippen LogP contribution in [0.25, 0.3) is 0 Å². The smallest absolute Gasteiger partial charge is 0.306 e. The van der Waals surface area contributed by atoms with Gasteiger partial charge in [0.25, 0.3) is 0 Å². The van der Waals surface area contributed by atoms with Crippen LogP contribution < -0.4 is 0 Å². The number of ether oxygens (including phenoxy) is 3. The number of rotatable bonds is 49. The largest absolute Gasteiger partial charge is 0.462 e. The molecule has 0 unspecified atom stereocenters. The van der Waals surface area contributed by atoms with Gasteiger partial charge >= 0.3 is 17.9 Å². The van der Waals surface area contributed by atoms with Gasteiger partial charge in [-0.1, -0.05) is 266 Å². The van der Waals surface area contributed by atoms with Crippen LogP contribution in [0.2, 0.25) is 0 Å². The fourth-order valence-electron chi connectivity index (χ4n) is 8.34. The summed E-state index contributed by atoms with van der Waals surface area (Å²) in [6, 6.07) is 0. The number of hydrogen-bond donors (Lipinski definition) is 0. The van der Waals surface area contributed by atoms with Gasteiger partial charge < -0.3 is 14.2 Å². The molecule has 6 heteroatoms. The first-order valence-corrected chi connectivity index (χ1v) is 27.2. The maximum absolute atomic E-state index is 12.8. The van der Waals surface area contributed by atoms with Crippen LogP contribution in [-0.4, -0.2) is 37.2 Å². The van der Waals surface area contributed by atoms with Crippen LogP contribution in [0.4, 0.5) is 0 Å². The highest BCUT2D eigenvalue weighted by Gasteiger charge is 2.19. The maximum atomic E-state index is 12.8. The van der Waals surface area contributed by atoms with Gasteiger partial charge in [-0.2, -0.15) is 0 Å². The Labute approximate surface area is 380 Å². The fraction of sp³-hybridized carbons (Fsp3) is 0.945. The molecule has 61 heavy (non-hydrogen) atoms. The first-order valence-electron chi connectivity index (χ1n) is 27.2. The molecule has 0 saturated carbocycles. The number of carbonyl (C=O) groups excluding carboxylic acids is 3. The molecule has 0 bridgehead atoms. The molecule has 0 aliphatic carbocycles. The van der Waals surface area contributed by atoms with Crippen LogP contribution >= 0.6 is 0 Å². The van der Waals surface area contributed by atoms with E-state index in [0.717, 1.165) is 69.6 Å². The molecule has 0 spiro atoms. The van der Waals surface area contributed by atoms with Crippen molar-refractivity contribution in [3.8, 4) is 0 Å². The number of esters is 3. The van der Waals surface area contributed by atoms with Gasteiger partial charge in [0.1, 0.15) is 13.2 Å². The summed E-state index contributed by atoms with van der Waals surface area (Å²) in [4.78, 5) is 38.0. The van der Waals surface area contributed by atoms with Crippen molar-refractivity contribution in [3.05, 3.63) is 0 Å². The van der Waals surface area contributed by atoms with Crippen molar-refractivity contribution in [1.82, 2.24) is 0 Å². The molecule has 0 aliphatic heterocycles. The third kappa shape index (κ3) is 49.3. The first-order chi connectivity index (χ1) is 29.7. The third-order valence-corrected chi connectivity index (χ3v) is 12.5. The summed E-state index contributed by atoms with van der Waals surface area (Å²) in [5.41, 5.74) is 0. The zero-order valence-corrected chi connectivity index (χ0v) is 41.8. The molecule has 1 atom stereocenters. The van der Waals surface area contributed by atoms with Gasteiger partial charge in [0.2, 0.25) is 0 Å². The van der Waals surface area contributed by atoms with Crippen LogP contribution in [0.5, 0.6) is 0 Å². The third-order valence-electron chi connectivity index (χ3n) is 12.5. The molecule has 0 radical (unpaired) electrons. The maximum Gasteiger partial charge on any atom is 0.306 e. The molecule has 0 aromatic carbocycles. The van der Waals surface area contributed by atoms with E-state index < -0.39 is 6.10 Å². The van der Waals surface area contributed by atoms with Crippen molar-refractivity contribution < 1.29 is 28.6 Å². The van der Waals surface area contributed by atoms with Crippen molar-refractivity contribution in [3.63, 3.8) is 0 Å². The zero-order chi connectivity index (χ0) is 44.7. The van der Waals surface area contributed by atoms with Crippen molar-refractivity contribution in [1.29, 1.82) is 0 Å². The second kappa shape index (κ2) is 47.9. The molecule has 0 rings (SSSR count). The van der Waals surface area contributed by atoms with Crippen molar-refractivity contribution in [2.45, 2.75) is 310 Å². The second-order valence-electron chi connectivity index (χ2n) is 19.8. The highest BCUT2D eigenvalue weighted by Crippen LogP contribution is 2.18. The summed E-state index contributed by atoms with van der Waals surface area (Å²) < 4.78 is 16.8. The minimum Gasteiger partial charge on any atom is -0.462 e. The molecule has 0 N–H and O–H groups in total. The summed E-state index contributed by atoms with van der Waals surface area (Å²) in [6.07, 6.45) is 49.6. The Kier molecular flexibility index (Phi) is 46.6. The minimum absolute atomic E-state index is 0.0640. The lowest BCUT2D eigenvalue weighted by atomic mass is 10.0. The van der Waals surface area contributed by atoms with E-state index in [2.05, 4.69) is 34.6 Å². The van der Waals surface area contributed by atoms with Gasteiger partial charge in [-0.15, -0.1) is 0 Å². The van der Waals surface area contributed by atoms with E-state index in [1.807, 2.05) is 0 Å². The van der Waals surface area contributed by atoms with Gasteiger partial charge in [0.05, 0.1) is 0 Å². The van der Waals surface area contributed by atoms with Gasteiger partial charge in [-0.05, 0) is 31.1 Å². The Morgan fingerprint density at radius 1 is 0.311 bits per heavy atom. The lowest BCUT2D eigenvalue weighted by Crippen LogP contribution is -2.30. The minimum atomic E-state index is -0.762. The Hall–Kier alpha value is -1.59. The van der Waals surface area contributed by atoms with E-state index in [1.54, 1.807) is 0 Å². The standard InChI is InChI=1S/C55H106O6/c1-6-7-8-9-10-11-12-13-14-15-16-17-18-19-22-25-30-35-40-45-53(56)59-48-52(49-60-54(57)46-41-36-32-27-29-34-39-44-51(4)5)61-55(58)47-42-37-31-26-23-20-21-24-28-33-38-43-50(2)3/h50-52H,6-49H2,1-5H3/t52-/m1/s1. The van der Waals surface area contributed by atoms with Crippen molar-refractivity contribution >= 4 is 17.9 Å². The second-order valence-corrected chi connectivity index (χ2v) is 19.8. The van der Waals surface area contributed by atoms with E-state index in [-0.39, 0.29) is 31.1 Å². The normalized spacial score (nSPS) is 12.0. The molecule has 362 valence electrons. The van der Waals surface area contributed by atoms with E-state index in [0.29, 0.717) is 19.3 Å². The number of hydrogen-bond acceptors (Lipinski definition) is 6. The van der Waals surface area contributed by atoms with Crippen molar-refractivity contribution in [2.75, 3.05) is 13.2 Å². The molecule has 0 aromatic heterocycles. The zero-order valence-electron chi connectivity index (χ0n) is 41.8. The molecule has 6 nitrogen and oxygen atoms in total. The molecule has 0 aromatic rings. The number of carbonyl (C=O) groups is 3. The predicted molar refractivity (Wildman–Crippen MR) is 261 cm³/mol.